The first-order valence-corrected chi connectivity index (χ1v) is 5.55. The average Bonchev–Trinajstić information content (AvgIpc) is 2.16. The van der Waals surface area contributed by atoms with Crippen LogP contribution in [0.15, 0.2) is 22.7 Å². The summed E-state index contributed by atoms with van der Waals surface area (Å²) in [5.41, 5.74) is 2.60. The Kier molecular flexibility index (Phi) is 4.42. The molecule has 0 radical (unpaired) electrons. The van der Waals surface area contributed by atoms with Gasteiger partial charge in [0.05, 0.1) is 5.69 Å². The van der Waals surface area contributed by atoms with Gasteiger partial charge in [0.1, 0.15) is 0 Å². The van der Waals surface area contributed by atoms with Gasteiger partial charge in [0.2, 0.25) is 0 Å². The number of rotatable bonds is 4. The molecule has 0 saturated carbocycles. The van der Waals surface area contributed by atoms with Gasteiger partial charge in [-0.25, -0.2) is 0 Å². The van der Waals surface area contributed by atoms with Crippen molar-refractivity contribution in [3.05, 3.63) is 28.2 Å². The molecule has 0 unspecified atom stereocenters. The Morgan fingerprint density at radius 1 is 1.36 bits per heavy atom. The van der Waals surface area contributed by atoms with Crippen LogP contribution in [0.5, 0.6) is 0 Å². The number of anilines is 1. The molecule has 1 aromatic carbocycles. The highest BCUT2D eigenvalue weighted by Crippen LogP contribution is 2.25. The molecule has 1 aromatic rings. The fraction of sp³-hybridized carbons (Fsp3) is 0.455. The lowest BCUT2D eigenvalue weighted by atomic mass is 10.1. The molecule has 1 rings (SSSR count). The van der Waals surface area contributed by atoms with Gasteiger partial charge in [0, 0.05) is 18.6 Å². The largest absolute Gasteiger partial charge is 0.377 e. The third-order valence-electron chi connectivity index (χ3n) is 2.16. The lowest BCUT2D eigenvalue weighted by Gasteiger charge is -2.15. The maximum Gasteiger partial charge on any atom is 0.0508 e. The second-order valence-corrected chi connectivity index (χ2v) is 4.39. The Morgan fingerprint density at radius 2 is 2.07 bits per heavy atom. The van der Waals surface area contributed by atoms with E-state index in [1.807, 2.05) is 7.05 Å². The predicted molar refractivity (Wildman–Crippen MR) is 66.1 cm³/mol. The van der Waals surface area contributed by atoms with E-state index in [1.54, 1.807) is 0 Å². The van der Waals surface area contributed by atoms with E-state index in [2.05, 4.69) is 58.4 Å². The molecule has 0 aliphatic carbocycles. The molecule has 0 heterocycles. The monoisotopic (exact) mass is 256 g/mol. The van der Waals surface area contributed by atoms with Crippen LogP contribution >= 0.6 is 15.9 Å². The highest BCUT2D eigenvalue weighted by atomic mass is 79.9. The first-order valence-electron chi connectivity index (χ1n) is 4.75. The Balaban J connectivity index is 2.83. The second-order valence-electron chi connectivity index (χ2n) is 3.53. The van der Waals surface area contributed by atoms with Crippen molar-refractivity contribution in [2.24, 2.45) is 0 Å². The number of hydrogen-bond acceptors (Lipinski definition) is 2. The van der Waals surface area contributed by atoms with Crippen LogP contribution in [0, 0.1) is 0 Å². The fourth-order valence-electron chi connectivity index (χ4n) is 1.33. The molecule has 14 heavy (non-hydrogen) atoms. The molecule has 0 aromatic heterocycles. The molecule has 0 aliphatic rings. The Morgan fingerprint density at radius 3 is 2.64 bits per heavy atom. The third-order valence-corrected chi connectivity index (χ3v) is 2.83. The molecule has 0 saturated heterocycles. The standard InChI is InChI=1S/C11H17BrN2/c1-13-7-6-9-4-5-10(12)11(8-9)14(2)3/h4-5,8,13H,6-7H2,1-3H3. The van der Waals surface area contributed by atoms with E-state index in [-0.39, 0.29) is 0 Å². The lowest BCUT2D eigenvalue weighted by Crippen LogP contribution is -2.12. The zero-order valence-electron chi connectivity index (χ0n) is 8.97. The molecule has 0 fully saturated rings. The van der Waals surface area contributed by atoms with Gasteiger partial charge < -0.3 is 10.2 Å². The van der Waals surface area contributed by atoms with Gasteiger partial charge in [-0.15, -0.1) is 0 Å². The number of likely N-dealkylation sites (N-methyl/N-ethyl adjacent to an activating group) is 1. The number of benzene rings is 1. The minimum absolute atomic E-state index is 1.02. The highest BCUT2D eigenvalue weighted by Gasteiger charge is 2.02. The predicted octanol–water partition coefficient (Wildman–Crippen LogP) is 2.28. The van der Waals surface area contributed by atoms with E-state index in [9.17, 15) is 0 Å². The first kappa shape index (κ1) is 11.5. The Hall–Kier alpha value is -0.540. The second kappa shape index (κ2) is 5.37. The van der Waals surface area contributed by atoms with E-state index in [1.165, 1.54) is 11.3 Å². The molecule has 0 atom stereocenters. The summed E-state index contributed by atoms with van der Waals surface area (Å²) in [6.45, 7) is 1.02. The van der Waals surface area contributed by atoms with Crippen LogP contribution in [-0.2, 0) is 6.42 Å². The van der Waals surface area contributed by atoms with Gasteiger partial charge in [-0.1, -0.05) is 6.07 Å². The molecule has 78 valence electrons. The number of halogens is 1. The van der Waals surface area contributed by atoms with Gasteiger partial charge in [-0.2, -0.15) is 0 Å². The molecule has 0 bridgehead atoms. The summed E-state index contributed by atoms with van der Waals surface area (Å²) in [5, 5.41) is 3.15. The summed E-state index contributed by atoms with van der Waals surface area (Å²) in [4.78, 5) is 2.12. The van der Waals surface area contributed by atoms with E-state index in [0.717, 1.165) is 17.4 Å². The van der Waals surface area contributed by atoms with Crippen molar-refractivity contribution in [3.8, 4) is 0 Å². The molecular formula is C11H17BrN2. The third kappa shape index (κ3) is 3.00. The van der Waals surface area contributed by atoms with Crippen LogP contribution in [0.3, 0.4) is 0 Å². The molecular weight excluding hydrogens is 240 g/mol. The SMILES string of the molecule is CNCCc1ccc(Br)c(N(C)C)c1. The quantitative estimate of drug-likeness (QED) is 0.890. The van der Waals surface area contributed by atoms with Crippen LogP contribution in [0.1, 0.15) is 5.56 Å². The van der Waals surface area contributed by atoms with Gasteiger partial charge in [-0.3, -0.25) is 0 Å². The van der Waals surface area contributed by atoms with Gasteiger partial charge in [0.25, 0.3) is 0 Å². The molecule has 0 amide bonds. The molecule has 3 heteroatoms. The maximum absolute atomic E-state index is 3.54. The summed E-state index contributed by atoms with van der Waals surface area (Å²) in [6, 6.07) is 6.50. The fourth-order valence-corrected chi connectivity index (χ4v) is 1.93. The zero-order valence-corrected chi connectivity index (χ0v) is 10.6. The van der Waals surface area contributed by atoms with Crippen LogP contribution in [0.4, 0.5) is 5.69 Å². The summed E-state index contributed by atoms with van der Waals surface area (Å²) in [7, 11) is 6.09. The Labute approximate surface area is 94.4 Å². The van der Waals surface area contributed by atoms with Crippen molar-refractivity contribution in [3.63, 3.8) is 0 Å². The Bertz CT molecular complexity index is 297. The first-order chi connectivity index (χ1) is 6.65. The van der Waals surface area contributed by atoms with Crippen LogP contribution in [0.2, 0.25) is 0 Å². The molecule has 2 nitrogen and oxygen atoms in total. The number of nitrogens with one attached hydrogen (secondary N) is 1. The minimum atomic E-state index is 1.02. The van der Waals surface area contributed by atoms with Crippen molar-refractivity contribution < 1.29 is 0 Å². The van der Waals surface area contributed by atoms with E-state index >= 15 is 0 Å². The minimum Gasteiger partial charge on any atom is -0.377 e. The van der Waals surface area contributed by atoms with E-state index < -0.39 is 0 Å². The maximum atomic E-state index is 3.54. The smallest absolute Gasteiger partial charge is 0.0508 e. The average molecular weight is 257 g/mol. The summed E-state index contributed by atoms with van der Waals surface area (Å²) < 4.78 is 1.15. The number of nitrogens with zero attached hydrogens (tertiary/aromatic N) is 1. The van der Waals surface area contributed by atoms with Crippen LogP contribution in [-0.4, -0.2) is 27.7 Å². The van der Waals surface area contributed by atoms with Gasteiger partial charge in [-0.05, 0) is 53.6 Å². The van der Waals surface area contributed by atoms with Gasteiger partial charge >= 0.3 is 0 Å². The topological polar surface area (TPSA) is 15.3 Å². The van der Waals surface area contributed by atoms with E-state index in [0.29, 0.717) is 0 Å². The summed E-state index contributed by atoms with van der Waals surface area (Å²) in [5.74, 6) is 0. The van der Waals surface area contributed by atoms with E-state index in [4.69, 9.17) is 0 Å². The van der Waals surface area contributed by atoms with Crippen molar-refractivity contribution in [1.82, 2.24) is 5.32 Å². The zero-order chi connectivity index (χ0) is 10.6. The molecule has 1 N–H and O–H groups in total. The summed E-state index contributed by atoms with van der Waals surface area (Å²) >= 11 is 3.54. The van der Waals surface area contributed by atoms with Gasteiger partial charge in [0.15, 0.2) is 0 Å². The van der Waals surface area contributed by atoms with Crippen molar-refractivity contribution >= 4 is 21.6 Å². The van der Waals surface area contributed by atoms with Crippen molar-refractivity contribution in [1.29, 1.82) is 0 Å². The normalized spacial score (nSPS) is 10.3. The lowest BCUT2D eigenvalue weighted by molar-refractivity contribution is 0.791. The van der Waals surface area contributed by atoms with Crippen molar-refractivity contribution in [2.75, 3.05) is 32.6 Å². The highest BCUT2D eigenvalue weighted by molar-refractivity contribution is 9.10. The van der Waals surface area contributed by atoms with Crippen LogP contribution < -0.4 is 10.2 Å². The van der Waals surface area contributed by atoms with Crippen LogP contribution in [0.25, 0.3) is 0 Å². The summed E-state index contributed by atoms with van der Waals surface area (Å²) in [6.07, 6.45) is 1.07. The molecule has 0 spiro atoms. The van der Waals surface area contributed by atoms with Crippen molar-refractivity contribution in [2.45, 2.75) is 6.42 Å². The number of hydrogen-bond donors (Lipinski definition) is 1. The molecule has 0 aliphatic heterocycles.